The molecule has 5 nitrogen and oxygen atoms in total. The van der Waals surface area contributed by atoms with Gasteiger partial charge in [-0.1, -0.05) is 15.9 Å². The van der Waals surface area contributed by atoms with Gasteiger partial charge in [0.05, 0.1) is 0 Å². The summed E-state index contributed by atoms with van der Waals surface area (Å²) in [4.78, 5) is 4.11. The highest BCUT2D eigenvalue weighted by atomic mass is 79.9. The van der Waals surface area contributed by atoms with E-state index in [0.29, 0.717) is 17.5 Å². The zero-order valence-corrected chi connectivity index (χ0v) is 9.69. The summed E-state index contributed by atoms with van der Waals surface area (Å²) >= 11 is 3.37. The van der Waals surface area contributed by atoms with Crippen LogP contribution in [0, 0.1) is 0 Å². The molecule has 0 bridgehead atoms. The monoisotopic (exact) mass is 267 g/mol. The average Bonchev–Trinajstić information content (AvgIpc) is 2.51. The van der Waals surface area contributed by atoms with Crippen LogP contribution in [0.2, 0.25) is 0 Å². The molecule has 1 aromatic carbocycles. The van der Waals surface area contributed by atoms with Crippen molar-refractivity contribution in [1.82, 2.24) is 14.8 Å². The van der Waals surface area contributed by atoms with E-state index in [9.17, 15) is 0 Å². The quantitative estimate of drug-likeness (QED) is 0.766. The molecule has 0 saturated heterocycles. The van der Waals surface area contributed by atoms with Crippen LogP contribution in [0.5, 0.6) is 0 Å². The van der Waals surface area contributed by atoms with Gasteiger partial charge in [0.1, 0.15) is 0 Å². The highest BCUT2D eigenvalue weighted by Gasteiger charge is 2.10. The summed E-state index contributed by atoms with van der Waals surface area (Å²) in [5, 5.41) is 4.16. The Morgan fingerprint density at radius 1 is 1.33 bits per heavy atom. The summed E-state index contributed by atoms with van der Waals surface area (Å²) in [6.45, 7) is 0. The van der Waals surface area contributed by atoms with Gasteiger partial charge in [0, 0.05) is 22.8 Å². The fourth-order valence-corrected chi connectivity index (χ4v) is 1.59. The molecule has 0 amide bonds. The summed E-state index contributed by atoms with van der Waals surface area (Å²) in [6.07, 6.45) is 0. The van der Waals surface area contributed by atoms with Crippen LogP contribution in [0.15, 0.2) is 22.7 Å². The fraction of sp³-hybridized carbons (Fsp3) is 0.111. The third-order valence-electron chi connectivity index (χ3n) is 2.05. The van der Waals surface area contributed by atoms with Crippen LogP contribution in [-0.2, 0) is 7.05 Å². The molecular weight excluding hydrogens is 258 g/mol. The van der Waals surface area contributed by atoms with Gasteiger partial charge >= 0.3 is 0 Å². The molecule has 4 N–H and O–H groups in total. The Kier molecular flexibility index (Phi) is 2.36. The Labute approximate surface area is 95.2 Å². The fourth-order valence-electron chi connectivity index (χ4n) is 1.23. The second-order valence-corrected chi connectivity index (χ2v) is 4.06. The number of nitrogens with two attached hydrogens (primary N) is 2. The first-order valence-corrected chi connectivity index (χ1v) is 5.09. The van der Waals surface area contributed by atoms with Crippen molar-refractivity contribution < 1.29 is 0 Å². The lowest BCUT2D eigenvalue weighted by Crippen LogP contribution is -1.97. The lowest BCUT2D eigenvalue weighted by atomic mass is 10.2. The molecule has 0 aliphatic heterocycles. The first-order valence-electron chi connectivity index (χ1n) is 4.30. The molecule has 0 spiro atoms. The molecule has 15 heavy (non-hydrogen) atoms. The van der Waals surface area contributed by atoms with E-state index in [1.165, 1.54) is 4.68 Å². The molecule has 2 aromatic rings. The first-order chi connectivity index (χ1) is 7.08. The Morgan fingerprint density at radius 2 is 2.07 bits per heavy atom. The van der Waals surface area contributed by atoms with Gasteiger partial charge in [-0.15, -0.1) is 5.10 Å². The number of hydrogen-bond donors (Lipinski definition) is 2. The molecular formula is C9H10BrN5. The number of hydrogen-bond acceptors (Lipinski definition) is 4. The van der Waals surface area contributed by atoms with Gasteiger partial charge in [-0.2, -0.15) is 4.98 Å². The van der Waals surface area contributed by atoms with E-state index in [1.54, 1.807) is 13.1 Å². The molecule has 6 heteroatoms. The molecule has 1 heterocycles. The number of anilines is 2. The molecule has 78 valence electrons. The van der Waals surface area contributed by atoms with Crippen LogP contribution in [0.1, 0.15) is 0 Å². The van der Waals surface area contributed by atoms with Gasteiger partial charge in [-0.25, -0.2) is 4.68 Å². The van der Waals surface area contributed by atoms with E-state index >= 15 is 0 Å². The van der Waals surface area contributed by atoms with Crippen molar-refractivity contribution in [2.75, 3.05) is 11.5 Å². The third kappa shape index (κ3) is 1.80. The summed E-state index contributed by atoms with van der Waals surface area (Å²) < 4.78 is 2.44. The maximum absolute atomic E-state index is 5.83. The predicted octanol–water partition coefficient (Wildman–Crippen LogP) is 1.41. The van der Waals surface area contributed by atoms with Crippen molar-refractivity contribution in [3.8, 4) is 11.4 Å². The van der Waals surface area contributed by atoms with Crippen molar-refractivity contribution in [3.63, 3.8) is 0 Å². The van der Waals surface area contributed by atoms with E-state index in [2.05, 4.69) is 26.0 Å². The van der Waals surface area contributed by atoms with Crippen LogP contribution < -0.4 is 11.5 Å². The molecule has 0 aliphatic carbocycles. The van der Waals surface area contributed by atoms with E-state index in [1.807, 2.05) is 12.1 Å². The largest absolute Gasteiger partial charge is 0.398 e. The van der Waals surface area contributed by atoms with Crippen LogP contribution in [0.3, 0.4) is 0 Å². The molecule has 0 radical (unpaired) electrons. The molecule has 0 atom stereocenters. The molecule has 0 fully saturated rings. The maximum atomic E-state index is 5.83. The lowest BCUT2D eigenvalue weighted by molar-refractivity contribution is 0.781. The minimum Gasteiger partial charge on any atom is -0.398 e. The van der Waals surface area contributed by atoms with Crippen LogP contribution in [0.25, 0.3) is 11.4 Å². The number of aryl methyl sites for hydroxylation is 1. The number of nitrogens with zero attached hydrogens (tertiary/aromatic N) is 3. The first kappa shape index (κ1) is 9.97. The van der Waals surface area contributed by atoms with E-state index in [-0.39, 0.29) is 0 Å². The minimum atomic E-state index is 0.365. The zero-order valence-electron chi connectivity index (χ0n) is 8.11. The maximum Gasteiger partial charge on any atom is 0.218 e. The van der Waals surface area contributed by atoms with Crippen LogP contribution in [-0.4, -0.2) is 14.8 Å². The van der Waals surface area contributed by atoms with Gasteiger partial charge in [-0.3, -0.25) is 0 Å². The second kappa shape index (κ2) is 3.54. The molecule has 0 saturated carbocycles. The summed E-state index contributed by atoms with van der Waals surface area (Å²) in [7, 11) is 1.74. The Balaban J connectivity index is 2.58. The highest BCUT2D eigenvalue weighted by molar-refractivity contribution is 9.10. The Hall–Kier alpha value is -1.56. The molecule has 0 aliphatic rings. The van der Waals surface area contributed by atoms with Crippen molar-refractivity contribution in [1.29, 1.82) is 0 Å². The van der Waals surface area contributed by atoms with Crippen LogP contribution in [0.4, 0.5) is 11.6 Å². The zero-order chi connectivity index (χ0) is 11.0. The highest BCUT2D eigenvalue weighted by Crippen LogP contribution is 2.26. The summed E-state index contributed by atoms with van der Waals surface area (Å²) in [6, 6.07) is 5.53. The van der Waals surface area contributed by atoms with Gasteiger partial charge in [0.2, 0.25) is 5.95 Å². The Bertz CT molecular complexity index is 486. The van der Waals surface area contributed by atoms with Crippen molar-refractivity contribution in [3.05, 3.63) is 22.7 Å². The van der Waals surface area contributed by atoms with Crippen molar-refractivity contribution in [2.24, 2.45) is 7.05 Å². The predicted molar refractivity (Wildman–Crippen MR) is 63.0 cm³/mol. The third-order valence-corrected chi connectivity index (χ3v) is 2.55. The van der Waals surface area contributed by atoms with Crippen molar-refractivity contribution >= 4 is 27.6 Å². The lowest BCUT2D eigenvalue weighted by Gasteiger charge is -2.01. The SMILES string of the molecule is Cn1nc(-c2cc(Br)ccc2N)nc1N. The minimum absolute atomic E-state index is 0.365. The molecule has 1 aromatic heterocycles. The topological polar surface area (TPSA) is 82.8 Å². The van der Waals surface area contributed by atoms with Crippen molar-refractivity contribution in [2.45, 2.75) is 0 Å². The Morgan fingerprint density at radius 3 is 2.67 bits per heavy atom. The van der Waals surface area contributed by atoms with Gasteiger partial charge < -0.3 is 11.5 Å². The molecule has 2 rings (SSSR count). The van der Waals surface area contributed by atoms with Gasteiger partial charge in [0.15, 0.2) is 5.82 Å². The summed E-state index contributed by atoms with van der Waals surface area (Å²) in [5.41, 5.74) is 12.8. The van der Waals surface area contributed by atoms with Gasteiger partial charge in [-0.05, 0) is 18.2 Å². The standard InChI is InChI=1S/C9H10BrN5/c1-15-9(12)13-8(14-15)6-4-5(10)2-3-7(6)11/h2-4H,11H2,1H3,(H2,12,13,14). The van der Waals surface area contributed by atoms with E-state index in [4.69, 9.17) is 11.5 Å². The molecule has 0 unspecified atom stereocenters. The number of benzene rings is 1. The van der Waals surface area contributed by atoms with Crippen LogP contribution >= 0.6 is 15.9 Å². The van der Waals surface area contributed by atoms with E-state index < -0.39 is 0 Å². The number of rotatable bonds is 1. The normalized spacial score (nSPS) is 10.5. The van der Waals surface area contributed by atoms with Gasteiger partial charge in [0.25, 0.3) is 0 Å². The number of halogens is 1. The summed E-state index contributed by atoms with van der Waals surface area (Å²) in [5.74, 6) is 0.901. The van der Waals surface area contributed by atoms with E-state index in [0.717, 1.165) is 10.0 Å². The average molecular weight is 268 g/mol. The number of nitrogen functional groups attached to an aromatic ring is 2. The number of aromatic nitrogens is 3. The second-order valence-electron chi connectivity index (χ2n) is 3.15. The smallest absolute Gasteiger partial charge is 0.218 e.